The first-order chi connectivity index (χ1) is 12.3. The summed E-state index contributed by atoms with van der Waals surface area (Å²) in [5.74, 6) is -0.236. The van der Waals surface area contributed by atoms with Gasteiger partial charge in [0.25, 0.3) is 0 Å². The molecule has 1 aromatic heterocycles. The number of aromatic nitrogens is 1. The summed E-state index contributed by atoms with van der Waals surface area (Å²) >= 11 is 0. The summed E-state index contributed by atoms with van der Waals surface area (Å²) in [6.07, 6.45) is 1.64. The Hall–Kier alpha value is -2.15. The number of nitrogens with zero attached hydrogens (tertiary/aromatic N) is 3. The summed E-state index contributed by atoms with van der Waals surface area (Å²) < 4.78 is 12.4. The van der Waals surface area contributed by atoms with Crippen LogP contribution in [0.4, 0.5) is 4.79 Å². The number of carbonyl (C=O) groups excluding carboxylic acids is 2. The minimum absolute atomic E-state index is 0.210. The van der Waals surface area contributed by atoms with Crippen molar-refractivity contribution in [3.05, 3.63) is 30.1 Å². The standard InChI is InChI=1S/C19H30N3O4/c1-5-25-17(23)15-22-9-7-6-8-16(22)14-20-10-12-21(13-11-20)18(24)26-19(2,3)4/h6-9H,5,10-15H2,1-4H3/q+1. The van der Waals surface area contributed by atoms with E-state index >= 15 is 0 Å². The summed E-state index contributed by atoms with van der Waals surface area (Å²) in [5.41, 5.74) is 0.572. The molecule has 0 aromatic carbocycles. The van der Waals surface area contributed by atoms with Crippen molar-refractivity contribution in [2.24, 2.45) is 0 Å². The number of rotatable bonds is 5. The van der Waals surface area contributed by atoms with Crippen molar-refractivity contribution in [2.45, 2.75) is 46.4 Å². The van der Waals surface area contributed by atoms with E-state index in [1.807, 2.05) is 49.7 Å². The first-order valence-electron chi connectivity index (χ1n) is 9.11. The molecule has 7 heteroatoms. The van der Waals surface area contributed by atoms with Gasteiger partial charge in [-0.3, -0.25) is 4.90 Å². The topological polar surface area (TPSA) is 63.0 Å². The number of ether oxygens (including phenoxy) is 2. The van der Waals surface area contributed by atoms with E-state index in [0.29, 0.717) is 19.7 Å². The first kappa shape index (κ1) is 20.2. The van der Waals surface area contributed by atoms with Crippen LogP contribution in [0.25, 0.3) is 0 Å². The highest BCUT2D eigenvalue weighted by atomic mass is 16.6. The molecule has 0 spiro atoms. The lowest BCUT2D eigenvalue weighted by Crippen LogP contribution is -2.51. The van der Waals surface area contributed by atoms with E-state index in [4.69, 9.17) is 9.47 Å². The predicted octanol–water partition coefficient (Wildman–Crippen LogP) is 1.59. The van der Waals surface area contributed by atoms with Gasteiger partial charge in [0, 0.05) is 38.3 Å². The Morgan fingerprint density at radius 1 is 1.15 bits per heavy atom. The lowest BCUT2D eigenvalue weighted by atomic mass is 10.2. The Morgan fingerprint density at radius 2 is 1.85 bits per heavy atom. The van der Waals surface area contributed by atoms with E-state index in [1.54, 1.807) is 11.8 Å². The van der Waals surface area contributed by atoms with Crippen LogP contribution in [0.15, 0.2) is 24.4 Å². The third-order valence-electron chi connectivity index (χ3n) is 4.05. The second kappa shape index (κ2) is 8.98. The number of esters is 1. The summed E-state index contributed by atoms with van der Waals surface area (Å²) in [4.78, 5) is 27.9. The maximum atomic E-state index is 12.1. The maximum absolute atomic E-state index is 12.1. The van der Waals surface area contributed by atoms with Gasteiger partial charge in [0.05, 0.1) is 13.2 Å². The fraction of sp³-hybridized carbons (Fsp3) is 0.632. The molecular weight excluding hydrogens is 334 g/mol. The summed E-state index contributed by atoms with van der Waals surface area (Å²) in [6, 6.07) is 5.89. The predicted molar refractivity (Wildman–Crippen MR) is 96.4 cm³/mol. The average molecular weight is 364 g/mol. The van der Waals surface area contributed by atoms with Crippen LogP contribution in [0.1, 0.15) is 33.4 Å². The molecule has 1 aliphatic heterocycles. The molecule has 1 amide bonds. The van der Waals surface area contributed by atoms with Crippen molar-refractivity contribution >= 4 is 12.1 Å². The highest BCUT2D eigenvalue weighted by Crippen LogP contribution is 2.12. The van der Waals surface area contributed by atoms with Gasteiger partial charge in [0.15, 0.2) is 11.9 Å². The molecule has 1 fully saturated rings. The van der Waals surface area contributed by atoms with Crippen molar-refractivity contribution in [3.8, 4) is 0 Å². The Bertz CT molecular complexity index is 619. The van der Waals surface area contributed by atoms with Gasteiger partial charge in [0.1, 0.15) is 5.60 Å². The minimum Gasteiger partial charge on any atom is -0.461 e. The van der Waals surface area contributed by atoms with Crippen molar-refractivity contribution in [1.29, 1.82) is 0 Å². The Labute approximate surface area is 155 Å². The summed E-state index contributed by atoms with van der Waals surface area (Å²) in [5, 5.41) is 0. The number of hydrogen-bond donors (Lipinski definition) is 0. The van der Waals surface area contributed by atoms with Crippen LogP contribution >= 0.6 is 0 Å². The zero-order chi connectivity index (χ0) is 19.2. The summed E-state index contributed by atoms with van der Waals surface area (Å²) in [6.45, 7) is 11.6. The number of amides is 1. The van der Waals surface area contributed by atoms with Crippen LogP contribution < -0.4 is 4.57 Å². The molecule has 0 saturated carbocycles. The molecule has 1 aliphatic rings. The molecule has 1 aromatic rings. The van der Waals surface area contributed by atoms with Gasteiger partial charge >= 0.3 is 12.1 Å². The molecule has 0 N–H and O–H groups in total. The molecule has 0 unspecified atom stereocenters. The lowest BCUT2D eigenvalue weighted by molar-refractivity contribution is -0.694. The molecule has 144 valence electrons. The van der Waals surface area contributed by atoms with Crippen molar-refractivity contribution in [2.75, 3.05) is 32.8 Å². The van der Waals surface area contributed by atoms with Gasteiger partial charge < -0.3 is 14.4 Å². The van der Waals surface area contributed by atoms with Gasteiger partial charge in [0.2, 0.25) is 6.54 Å². The van der Waals surface area contributed by atoms with E-state index in [2.05, 4.69) is 4.90 Å². The van der Waals surface area contributed by atoms with Crippen molar-refractivity contribution in [3.63, 3.8) is 0 Å². The number of piperazine rings is 1. The van der Waals surface area contributed by atoms with E-state index < -0.39 is 5.60 Å². The fourth-order valence-corrected chi connectivity index (χ4v) is 2.80. The Balaban J connectivity index is 1.90. The Kier molecular flexibility index (Phi) is 6.97. The Morgan fingerprint density at radius 3 is 2.46 bits per heavy atom. The molecular formula is C19H30N3O4+. The van der Waals surface area contributed by atoms with Crippen molar-refractivity contribution in [1.82, 2.24) is 9.80 Å². The molecule has 0 atom stereocenters. The van der Waals surface area contributed by atoms with Gasteiger partial charge in [-0.2, -0.15) is 4.57 Å². The maximum Gasteiger partial charge on any atom is 0.410 e. The number of pyridine rings is 1. The molecule has 2 heterocycles. The third-order valence-corrected chi connectivity index (χ3v) is 4.05. The molecule has 2 rings (SSSR count). The van der Waals surface area contributed by atoms with Crippen LogP contribution in [0.3, 0.4) is 0 Å². The van der Waals surface area contributed by atoms with Crippen LogP contribution in [-0.2, 0) is 27.4 Å². The molecule has 0 radical (unpaired) electrons. The van der Waals surface area contributed by atoms with Gasteiger partial charge in [-0.25, -0.2) is 9.59 Å². The highest BCUT2D eigenvalue weighted by molar-refractivity contribution is 5.68. The van der Waals surface area contributed by atoms with Gasteiger partial charge in [-0.1, -0.05) is 6.07 Å². The van der Waals surface area contributed by atoms with E-state index in [0.717, 1.165) is 25.3 Å². The average Bonchev–Trinajstić information content (AvgIpc) is 2.56. The highest BCUT2D eigenvalue weighted by Gasteiger charge is 2.27. The third kappa shape index (κ3) is 6.29. The molecule has 26 heavy (non-hydrogen) atoms. The van der Waals surface area contributed by atoms with E-state index in [9.17, 15) is 9.59 Å². The van der Waals surface area contributed by atoms with Gasteiger partial charge in [-0.05, 0) is 27.7 Å². The molecule has 7 nitrogen and oxygen atoms in total. The minimum atomic E-state index is -0.475. The normalized spacial score (nSPS) is 15.6. The summed E-state index contributed by atoms with van der Waals surface area (Å²) in [7, 11) is 0. The largest absolute Gasteiger partial charge is 0.461 e. The van der Waals surface area contributed by atoms with Crippen LogP contribution in [0, 0.1) is 0 Å². The quantitative estimate of drug-likeness (QED) is 0.586. The van der Waals surface area contributed by atoms with Crippen LogP contribution in [0.5, 0.6) is 0 Å². The fourth-order valence-electron chi connectivity index (χ4n) is 2.80. The zero-order valence-corrected chi connectivity index (χ0v) is 16.2. The zero-order valence-electron chi connectivity index (χ0n) is 16.2. The smallest absolute Gasteiger partial charge is 0.410 e. The van der Waals surface area contributed by atoms with E-state index in [1.165, 1.54) is 0 Å². The monoisotopic (exact) mass is 364 g/mol. The molecule has 0 aliphatic carbocycles. The number of carbonyl (C=O) groups is 2. The lowest BCUT2D eigenvalue weighted by Gasteiger charge is -2.35. The van der Waals surface area contributed by atoms with Gasteiger partial charge in [-0.15, -0.1) is 0 Å². The number of hydrogen-bond acceptors (Lipinski definition) is 5. The van der Waals surface area contributed by atoms with Crippen LogP contribution in [0.2, 0.25) is 0 Å². The first-order valence-corrected chi connectivity index (χ1v) is 9.11. The SMILES string of the molecule is CCOC(=O)C[n+]1ccccc1CN1CCN(C(=O)OC(C)(C)C)CC1. The second-order valence-corrected chi connectivity index (χ2v) is 7.37. The molecule has 0 bridgehead atoms. The van der Waals surface area contributed by atoms with Crippen molar-refractivity contribution < 1.29 is 23.6 Å². The second-order valence-electron chi connectivity index (χ2n) is 7.37. The molecule has 1 saturated heterocycles. The van der Waals surface area contributed by atoms with E-state index in [-0.39, 0.29) is 18.6 Å². The van der Waals surface area contributed by atoms with Crippen LogP contribution in [-0.4, -0.2) is 60.2 Å².